The molecule has 2 aliphatic heterocycles. The first-order valence-corrected chi connectivity index (χ1v) is 12.3. The van der Waals surface area contributed by atoms with E-state index in [0.29, 0.717) is 24.4 Å². The van der Waals surface area contributed by atoms with Crippen molar-refractivity contribution < 1.29 is 9.59 Å². The molecule has 2 amide bonds. The average Bonchev–Trinajstić information content (AvgIpc) is 3.46. The summed E-state index contributed by atoms with van der Waals surface area (Å²) in [5.41, 5.74) is 2.99. The topological polar surface area (TPSA) is 52.7 Å². The largest absolute Gasteiger partial charge is 0.352 e. The molecule has 0 aliphatic carbocycles. The fourth-order valence-corrected chi connectivity index (χ4v) is 5.50. The minimum atomic E-state index is -0.0240. The van der Waals surface area contributed by atoms with Gasteiger partial charge in [0, 0.05) is 18.7 Å². The van der Waals surface area contributed by atoms with E-state index in [1.807, 2.05) is 47.4 Å². The number of nitrogens with zero attached hydrogens (tertiary/aromatic N) is 2. The van der Waals surface area contributed by atoms with E-state index >= 15 is 0 Å². The summed E-state index contributed by atoms with van der Waals surface area (Å²) >= 11 is 1.66. The summed E-state index contributed by atoms with van der Waals surface area (Å²) in [4.78, 5) is 29.3. The van der Waals surface area contributed by atoms with Crippen LogP contribution < -0.4 is 5.32 Å². The minimum absolute atomic E-state index is 0.0220. The molecule has 6 heteroatoms. The number of amides is 2. The number of carbonyl (C=O) groups is 2. The third-order valence-electron chi connectivity index (χ3n) is 6.05. The van der Waals surface area contributed by atoms with Crippen LogP contribution in [0.2, 0.25) is 0 Å². The molecule has 2 aromatic carbocycles. The van der Waals surface area contributed by atoms with Crippen molar-refractivity contribution in [2.45, 2.75) is 31.1 Å². The second kappa shape index (κ2) is 10.8. The van der Waals surface area contributed by atoms with Crippen LogP contribution in [0.4, 0.5) is 0 Å². The first kappa shape index (κ1) is 21.9. The number of carbonyl (C=O) groups excluding carboxylic acids is 2. The van der Waals surface area contributed by atoms with Crippen LogP contribution in [0.15, 0.2) is 54.6 Å². The number of hydrogen-bond donors (Lipinski definition) is 1. The average molecular weight is 438 g/mol. The van der Waals surface area contributed by atoms with E-state index in [1.165, 1.54) is 31.5 Å². The van der Waals surface area contributed by atoms with Crippen LogP contribution in [0.1, 0.15) is 46.1 Å². The summed E-state index contributed by atoms with van der Waals surface area (Å²) < 4.78 is 0. The number of thioether (sulfide) groups is 1. The van der Waals surface area contributed by atoms with Gasteiger partial charge in [-0.25, -0.2) is 0 Å². The molecule has 2 fully saturated rings. The highest BCUT2D eigenvalue weighted by molar-refractivity contribution is 8.00. The van der Waals surface area contributed by atoms with Crippen LogP contribution in [-0.2, 0) is 11.2 Å². The highest BCUT2D eigenvalue weighted by atomic mass is 32.2. The van der Waals surface area contributed by atoms with Crippen molar-refractivity contribution in [3.63, 3.8) is 0 Å². The number of benzene rings is 2. The SMILES string of the molecule is O=C(NCCCN1CCCC1)c1ccc(C2SCC(=O)N2CCc2ccccc2)cc1. The number of likely N-dealkylation sites (tertiary alicyclic amines) is 1. The Morgan fingerprint density at radius 1 is 1.00 bits per heavy atom. The van der Waals surface area contributed by atoms with Crippen molar-refractivity contribution in [1.82, 2.24) is 15.1 Å². The molecule has 1 N–H and O–H groups in total. The van der Waals surface area contributed by atoms with Gasteiger partial charge < -0.3 is 15.1 Å². The summed E-state index contributed by atoms with van der Waals surface area (Å²) in [6.07, 6.45) is 4.43. The van der Waals surface area contributed by atoms with Gasteiger partial charge >= 0.3 is 0 Å². The quantitative estimate of drug-likeness (QED) is 0.608. The van der Waals surface area contributed by atoms with Crippen LogP contribution in [0, 0.1) is 0 Å². The van der Waals surface area contributed by atoms with E-state index in [4.69, 9.17) is 0 Å². The molecule has 0 radical (unpaired) electrons. The zero-order valence-corrected chi connectivity index (χ0v) is 18.8. The van der Waals surface area contributed by atoms with Gasteiger partial charge in [-0.3, -0.25) is 9.59 Å². The molecule has 0 spiro atoms. The van der Waals surface area contributed by atoms with Crippen LogP contribution in [-0.4, -0.2) is 60.1 Å². The molecule has 0 bridgehead atoms. The van der Waals surface area contributed by atoms with Gasteiger partial charge in [0.15, 0.2) is 0 Å². The predicted octanol–water partition coefficient (Wildman–Crippen LogP) is 3.72. The van der Waals surface area contributed by atoms with Crippen molar-refractivity contribution in [2.75, 3.05) is 38.5 Å². The third-order valence-corrected chi connectivity index (χ3v) is 7.30. The second-order valence-corrected chi connectivity index (χ2v) is 9.33. The molecule has 0 saturated carbocycles. The molecule has 1 atom stereocenters. The van der Waals surface area contributed by atoms with Crippen molar-refractivity contribution in [3.05, 3.63) is 71.3 Å². The summed E-state index contributed by atoms with van der Waals surface area (Å²) in [5.74, 6) is 0.674. The normalized spacial score (nSPS) is 19.2. The van der Waals surface area contributed by atoms with E-state index in [1.54, 1.807) is 11.8 Å². The van der Waals surface area contributed by atoms with E-state index in [-0.39, 0.29) is 17.2 Å². The monoisotopic (exact) mass is 437 g/mol. The summed E-state index contributed by atoms with van der Waals surface area (Å²) in [6.45, 7) is 4.86. The predicted molar refractivity (Wildman–Crippen MR) is 126 cm³/mol. The Balaban J connectivity index is 1.28. The van der Waals surface area contributed by atoms with Crippen molar-refractivity contribution in [2.24, 2.45) is 0 Å². The molecule has 2 aromatic rings. The van der Waals surface area contributed by atoms with E-state index in [0.717, 1.165) is 24.9 Å². The van der Waals surface area contributed by atoms with Gasteiger partial charge in [0.1, 0.15) is 5.37 Å². The van der Waals surface area contributed by atoms with Crippen molar-refractivity contribution in [3.8, 4) is 0 Å². The Labute approximate surface area is 189 Å². The summed E-state index contributed by atoms with van der Waals surface area (Å²) in [6, 6.07) is 18.0. The highest BCUT2D eigenvalue weighted by Crippen LogP contribution is 2.38. The van der Waals surface area contributed by atoms with E-state index in [9.17, 15) is 9.59 Å². The molecule has 2 aliphatic rings. The highest BCUT2D eigenvalue weighted by Gasteiger charge is 2.32. The molecule has 1 unspecified atom stereocenters. The lowest BCUT2D eigenvalue weighted by molar-refractivity contribution is -0.128. The second-order valence-electron chi connectivity index (χ2n) is 8.27. The molecule has 0 aromatic heterocycles. The molecule has 31 heavy (non-hydrogen) atoms. The van der Waals surface area contributed by atoms with Gasteiger partial charge in [0.05, 0.1) is 5.75 Å². The molecule has 4 rings (SSSR count). The Bertz CT molecular complexity index is 866. The molecular weight excluding hydrogens is 406 g/mol. The van der Waals surface area contributed by atoms with Crippen LogP contribution >= 0.6 is 11.8 Å². The minimum Gasteiger partial charge on any atom is -0.352 e. The fourth-order valence-electron chi connectivity index (χ4n) is 4.28. The lowest BCUT2D eigenvalue weighted by atomic mass is 10.1. The van der Waals surface area contributed by atoms with Gasteiger partial charge in [0.25, 0.3) is 5.91 Å². The Morgan fingerprint density at radius 2 is 1.74 bits per heavy atom. The van der Waals surface area contributed by atoms with Crippen LogP contribution in [0.5, 0.6) is 0 Å². The van der Waals surface area contributed by atoms with Crippen molar-refractivity contribution >= 4 is 23.6 Å². The smallest absolute Gasteiger partial charge is 0.251 e. The van der Waals surface area contributed by atoms with Crippen LogP contribution in [0.25, 0.3) is 0 Å². The lowest BCUT2D eigenvalue weighted by Gasteiger charge is -2.24. The first-order chi connectivity index (χ1) is 15.2. The van der Waals surface area contributed by atoms with Gasteiger partial charge in [-0.1, -0.05) is 42.5 Å². The Hall–Kier alpha value is -2.31. The Morgan fingerprint density at radius 3 is 2.48 bits per heavy atom. The van der Waals surface area contributed by atoms with Gasteiger partial charge in [-0.2, -0.15) is 0 Å². The summed E-state index contributed by atoms with van der Waals surface area (Å²) in [7, 11) is 0. The van der Waals surface area contributed by atoms with Gasteiger partial charge in [-0.15, -0.1) is 11.8 Å². The lowest BCUT2D eigenvalue weighted by Crippen LogP contribution is -2.30. The zero-order valence-electron chi connectivity index (χ0n) is 18.0. The third kappa shape index (κ3) is 5.89. The summed E-state index contributed by atoms with van der Waals surface area (Å²) in [5, 5.41) is 3.05. The maximum absolute atomic E-state index is 12.5. The maximum Gasteiger partial charge on any atom is 0.251 e. The first-order valence-electron chi connectivity index (χ1n) is 11.3. The van der Waals surface area contributed by atoms with Crippen molar-refractivity contribution in [1.29, 1.82) is 0 Å². The fraction of sp³-hybridized carbons (Fsp3) is 0.440. The van der Waals surface area contributed by atoms with E-state index in [2.05, 4.69) is 22.3 Å². The molecule has 164 valence electrons. The number of rotatable bonds is 9. The van der Waals surface area contributed by atoms with E-state index < -0.39 is 0 Å². The number of hydrogen-bond acceptors (Lipinski definition) is 4. The number of nitrogens with one attached hydrogen (secondary N) is 1. The van der Waals surface area contributed by atoms with Gasteiger partial charge in [-0.05, 0) is 68.6 Å². The maximum atomic E-state index is 12.5. The molecular formula is C25H31N3O2S. The molecule has 2 saturated heterocycles. The Kier molecular flexibility index (Phi) is 7.65. The standard InChI is InChI=1S/C25H31N3O2S/c29-23-19-31-25(28(23)18-13-20-7-2-1-3-8-20)22-11-9-21(10-12-22)24(30)26-14-6-17-27-15-4-5-16-27/h1-3,7-12,25H,4-6,13-19H2,(H,26,30). The molecule has 5 nitrogen and oxygen atoms in total. The van der Waals surface area contributed by atoms with Gasteiger partial charge in [0.2, 0.25) is 5.91 Å². The van der Waals surface area contributed by atoms with Crippen LogP contribution in [0.3, 0.4) is 0 Å². The molecule has 2 heterocycles. The zero-order chi connectivity index (χ0) is 21.5.